The van der Waals surface area contributed by atoms with Crippen molar-refractivity contribution in [1.29, 1.82) is 0 Å². The van der Waals surface area contributed by atoms with E-state index >= 15 is 0 Å². The van der Waals surface area contributed by atoms with E-state index in [1.807, 2.05) is 0 Å². The Balaban J connectivity index is 1.72. The number of hydrogen-bond acceptors (Lipinski definition) is 4. The van der Waals surface area contributed by atoms with Crippen molar-refractivity contribution in [3.63, 3.8) is 0 Å². The van der Waals surface area contributed by atoms with E-state index in [4.69, 9.17) is 23.2 Å². The van der Waals surface area contributed by atoms with E-state index in [2.05, 4.69) is 15.0 Å². The number of anilines is 1. The smallest absolute Gasteiger partial charge is 0.262 e. The molecule has 9 heteroatoms. The number of nitrogens with zero attached hydrogens (tertiary/aromatic N) is 1. The summed E-state index contributed by atoms with van der Waals surface area (Å²) in [5.41, 5.74) is 0.870. The van der Waals surface area contributed by atoms with Gasteiger partial charge in [-0.05, 0) is 42.8 Å². The molecule has 0 saturated carbocycles. The molecule has 0 saturated heterocycles. The van der Waals surface area contributed by atoms with Crippen LogP contribution < -0.4 is 10.0 Å². The SMILES string of the molecule is O=C(/C=C/c1c(Cl)cccc1Cl)Nc1cccc(S(=O)(=O)NC2=NCCC2)c1. The molecule has 3 rings (SSSR count). The minimum Gasteiger partial charge on any atom is -0.322 e. The lowest BCUT2D eigenvalue weighted by molar-refractivity contribution is -0.111. The van der Waals surface area contributed by atoms with Gasteiger partial charge < -0.3 is 5.32 Å². The fourth-order valence-corrected chi connectivity index (χ4v) is 4.25. The maximum atomic E-state index is 12.5. The highest BCUT2D eigenvalue weighted by molar-refractivity contribution is 7.90. The molecule has 0 bridgehead atoms. The van der Waals surface area contributed by atoms with E-state index in [1.54, 1.807) is 30.3 Å². The number of amidine groups is 1. The molecule has 2 N–H and O–H groups in total. The molecule has 6 nitrogen and oxygen atoms in total. The summed E-state index contributed by atoms with van der Waals surface area (Å²) < 4.78 is 27.4. The number of rotatable bonds is 5. The number of hydrogen-bond donors (Lipinski definition) is 2. The molecule has 0 atom stereocenters. The van der Waals surface area contributed by atoms with Crippen molar-refractivity contribution in [3.05, 3.63) is 64.1 Å². The van der Waals surface area contributed by atoms with Crippen LogP contribution in [0.5, 0.6) is 0 Å². The molecule has 2 aromatic carbocycles. The first kappa shape index (κ1) is 20.4. The number of carbonyl (C=O) groups excluding carboxylic acids is 1. The van der Waals surface area contributed by atoms with Crippen molar-refractivity contribution < 1.29 is 13.2 Å². The quantitative estimate of drug-likeness (QED) is 0.689. The highest BCUT2D eigenvalue weighted by Crippen LogP contribution is 2.25. The summed E-state index contributed by atoms with van der Waals surface area (Å²) in [4.78, 5) is 16.3. The molecule has 28 heavy (non-hydrogen) atoms. The second-order valence-corrected chi connectivity index (χ2v) is 8.52. The molecule has 0 aliphatic carbocycles. The van der Waals surface area contributed by atoms with Gasteiger partial charge >= 0.3 is 0 Å². The van der Waals surface area contributed by atoms with Crippen molar-refractivity contribution in [1.82, 2.24) is 4.72 Å². The number of carbonyl (C=O) groups is 1. The van der Waals surface area contributed by atoms with Gasteiger partial charge in [-0.25, -0.2) is 8.42 Å². The molecule has 2 aromatic rings. The van der Waals surface area contributed by atoms with Crippen molar-refractivity contribution in [2.24, 2.45) is 4.99 Å². The zero-order valence-corrected chi connectivity index (χ0v) is 17.0. The summed E-state index contributed by atoms with van der Waals surface area (Å²) in [7, 11) is -3.75. The van der Waals surface area contributed by atoms with E-state index in [0.717, 1.165) is 6.42 Å². The van der Waals surface area contributed by atoms with Gasteiger partial charge in [-0.15, -0.1) is 0 Å². The predicted octanol–water partition coefficient (Wildman–Crippen LogP) is 4.12. The standard InChI is InChI=1S/C19H17Cl2N3O3S/c20-16-6-2-7-17(21)15(16)9-10-19(25)23-13-4-1-5-14(12-13)28(26,27)24-18-8-3-11-22-18/h1-2,4-7,9-10,12H,3,8,11H2,(H,22,24)(H,23,25)/b10-9+. The Bertz CT molecular complexity index is 1050. The molecule has 1 aliphatic heterocycles. The monoisotopic (exact) mass is 437 g/mol. The van der Waals surface area contributed by atoms with E-state index in [1.165, 1.54) is 24.3 Å². The van der Waals surface area contributed by atoms with Crippen LogP contribution >= 0.6 is 23.2 Å². The van der Waals surface area contributed by atoms with Crippen LogP contribution in [0.4, 0.5) is 5.69 Å². The number of nitrogens with one attached hydrogen (secondary N) is 2. The minimum absolute atomic E-state index is 0.0398. The first-order valence-corrected chi connectivity index (χ1v) is 10.7. The Labute approximate surface area is 173 Å². The Kier molecular flexibility index (Phi) is 6.39. The lowest BCUT2D eigenvalue weighted by atomic mass is 10.2. The van der Waals surface area contributed by atoms with Crippen LogP contribution in [0, 0.1) is 0 Å². The molecule has 1 aliphatic rings. The summed E-state index contributed by atoms with van der Waals surface area (Å²) in [5.74, 6) is 0.00709. The van der Waals surface area contributed by atoms with Crippen molar-refractivity contribution in [2.45, 2.75) is 17.7 Å². The normalized spacial score (nSPS) is 14.1. The van der Waals surface area contributed by atoms with Crippen LogP contribution in [0.15, 0.2) is 58.4 Å². The highest BCUT2D eigenvalue weighted by Gasteiger charge is 2.18. The number of halogens is 2. The van der Waals surface area contributed by atoms with Crippen molar-refractivity contribution >= 4 is 56.7 Å². The van der Waals surface area contributed by atoms with Gasteiger partial charge in [0.25, 0.3) is 10.0 Å². The van der Waals surface area contributed by atoms with Crippen LogP contribution in [0.1, 0.15) is 18.4 Å². The summed E-state index contributed by atoms with van der Waals surface area (Å²) in [6, 6.07) is 11.0. The number of sulfonamides is 1. The van der Waals surface area contributed by atoms with Crippen molar-refractivity contribution in [3.8, 4) is 0 Å². The molecule has 0 unspecified atom stereocenters. The van der Waals surface area contributed by atoms with Crippen LogP contribution in [0.3, 0.4) is 0 Å². The van der Waals surface area contributed by atoms with Gasteiger partial charge in [0.15, 0.2) is 0 Å². The van der Waals surface area contributed by atoms with Crippen LogP contribution in [-0.4, -0.2) is 26.7 Å². The second kappa shape index (κ2) is 8.77. The third-order valence-corrected chi connectivity index (χ3v) is 5.98. The van der Waals surface area contributed by atoms with Crippen molar-refractivity contribution in [2.75, 3.05) is 11.9 Å². The first-order chi connectivity index (χ1) is 13.3. The fraction of sp³-hybridized carbons (Fsp3) is 0.158. The zero-order valence-electron chi connectivity index (χ0n) is 14.7. The van der Waals surface area contributed by atoms with E-state index in [9.17, 15) is 13.2 Å². The molecule has 0 spiro atoms. The van der Waals surface area contributed by atoms with Gasteiger partial charge in [-0.1, -0.05) is 35.3 Å². The lowest BCUT2D eigenvalue weighted by Gasteiger charge is -2.09. The Morgan fingerprint density at radius 2 is 1.82 bits per heavy atom. The topological polar surface area (TPSA) is 87.6 Å². The minimum atomic E-state index is -3.75. The van der Waals surface area contributed by atoms with E-state index in [-0.39, 0.29) is 4.90 Å². The number of amides is 1. The summed E-state index contributed by atoms with van der Waals surface area (Å²) in [5, 5.41) is 3.47. The van der Waals surface area contributed by atoms with Gasteiger partial charge in [0.2, 0.25) is 5.91 Å². The fourth-order valence-electron chi connectivity index (χ4n) is 2.59. The van der Waals surface area contributed by atoms with Crippen LogP contribution in [0.2, 0.25) is 10.0 Å². The summed E-state index contributed by atoms with van der Waals surface area (Å²) >= 11 is 12.1. The lowest BCUT2D eigenvalue weighted by Crippen LogP contribution is -2.29. The summed E-state index contributed by atoms with van der Waals surface area (Å²) in [6.07, 6.45) is 4.21. The molecular weight excluding hydrogens is 421 g/mol. The van der Waals surface area contributed by atoms with Gasteiger partial charge in [-0.2, -0.15) is 0 Å². The molecule has 1 amide bonds. The largest absolute Gasteiger partial charge is 0.322 e. The van der Waals surface area contributed by atoms with E-state index in [0.29, 0.717) is 40.1 Å². The molecule has 146 valence electrons. The maximum Gasteiger partial charge on any atom is 0.262 e. The Hall–Kier alpha value is -2.35. The summed E-state index contributed by atoms with van der Waals surface area (Å²) in [6.45, 7) is 0.621. The third-order valence-electron chi connectivity index (χ3n) is 3.94. The number of benzene rings is 2. The second-order valence-electron chi connectivity index (χ2n) is 6.02. The average molecular weight is 438 g/mol. The van der Waals surface area contributed by atoms with Gasteiger partial charge in [0.05, 0.1) is 4.90 Å². The zero-order chi connectivity index (χ0) is 20.1. The van der Waals surface area contributed by atoms with Crippen LogP contribution in [-0.2, 0) is 14.8 Å². The average Bonchev–Trinajstić information content (AvgIpc) is 3.14. The first-order valence-electron chi connectivity index (χ1n) is 8.44. The Morgan fingerprint density at radius 3 is 2.50 bits per heavy atom. The Morgan fingerprint density at radius 1 is 1.11 bits per heavy atom. The maximum absolute atomic E-state index is 12.5. The third kappa shape index (κ3) is 5.13. The van der Waals surface area contributed by atoms with Gasteiger partial charge in [-0.3, -0.25) is 14.5 Å². The predicted molar refractivity (Wildman–Crippen MR) is 112 cm³/mol. The highest BCUT2D eigenvalue weighted by atomic mass is 35.5. The van der Waals surface area contributed by atoms with Gasteiger partial charge in [0, 0.05) is 40.3 Å². The number of aliphatic imine (C=N–C) groups is 1. The van der Waals surface area contributed by atoms with Crippen LogP contribution in [0.25, 0.3) is 6.08 Å². The molecule has 0 fully saturated rings. The molecule has 0 aromatic heterocycles. The molecular formula is C19H17Cl2N3O3S. The molecule has 1 heterocycles. The van der Waals surface area contributed by atoms with E-state index < -0.39 is 15.9 Å². The molecule has 0 radical (unpaired) electrons. The van der Waals surface area contributed by atoms with Gasteiger partial charge in [0.1, 0.15) is 5.84 Å².